The fourth-order valence-corrected chi connectivity index (χ4v) is 2.71. The molecule has 0 aliphatic carbocycles. The van der Waals surface area contributed by atoms with Gasteiger partial charge in [0.1, 0.15) is 0 Å². The van der Waals surface area contributed by atoms with E-state index < -0.39 is 0 Å². The van der Waals surface area contributed by atoms with Gasteiger partial charge in [0.15, 0.2) is 0 Å². The minimum atomic E-state index is 0. The normalized spacial score (nSPS) is 19.3. The van der Waals surface area contributed by atoms with Gasteiger partial charge in [-0.25, -0.2) is 0 Å². The van der Waals surface area contributed by atoms with Crippen LogP contribution in [0.25, 0.3) is 0 Å². The van der Waals surface area contributed by atoms with Gasteiger partial charge in [0.05, 0.1) is 10.6 Å². The summed E-state index contributed by atoms with van der Waals surface area (Å²) in [6.07, 6.45) is 0. The number of halogens is 3. The second-order valence-corrected chi connectivity index (χ2v) is 5.50. The largest absolute Gasteiger partial charge is 0.333 e. The fraction of sp³-hybridized carbons (Fsp3) is 0.417. The van der Waals surface area contributed by atoms with Gasteiger partial charge < -0.3 is 10.2 Å². The first-order chi connectivity index (χ1) is 8.09. The van der Waals surface area contributed by atoms with E-state index in [2.05, 4.69) is 21.2 Å². The average Bonchev–Trinajstić information content (AvgIpc) is 2.29. The molecular formula is C12H15BrCl2N2O. The number of hydrogen-bond donors (Lipinski definition) is 1. The van der Waals surface area contributed by atoms with E-state index in [4.69, 9.17) is 11.6 Å². The molecule has 1 aromatic rings. The second-order valence-electron chi connectivity index (χ2n) is 4.18. The van der Waals surface area contributed by atoms with Crippen LogP contribution >= 0.6 is 39.9 Å². The zero-order chi connectivity index (χ0) is 12.4. The highest BCUT2D eigenvalue weighted by molar-refractivity contribution is 9.10. The number of piperazine rings is 1. The SMILES string of the molecule is CC1CNCCN1C(=O)c1ccc(Br)cc1Cl.Cl. The van der Waals surface area contributed by atoms with Crippen molar-refractivity contribution in [3.63, 3.8) is 0 Å². The lowest BCUT2D eigenvalue weighted by molar-refractivity contribution is 0.0656. The Morgan fingerprint density at radius 3 is 2.89 bits per heavy atom. The van der Waals surface area contributed by atoms with Crippen molar-refractivity contribution in [3.05, 3.63) is 33.3 Å². The van der Waals surface area contributed by atoms with Crippen molar-refractivity contribution in [3.8, 4) is 0 Å². The van der Waals surface area contributed by atoms with Crippen LogP contribution in [0.2, 0.25) is 5.02 Å². The van der Waals surface area contributed by atoms with Crippen LogP contribution in [0.1, 0.15) is 17.3 Å². The summed E-state index contributed by atoms with van der Waals surface area (Å²) in [6, 6.07) is 5.56. The number of nitrogens with one attached hydrogen (secondary N) is 1. The average molecular weight is 354 g/mol. The highest BCUT2D eigenvalue weighted by Crippen LogP contribution is 2.23. The van der Waals surface area contributed by atoms with Gasteiger partial charge in [-0.3, -0.25) is 4.79 Å². The van der Waals surface area contributed by atoms with E-state index in [1.165, 1.54) is 0 Å². The van der Waals surface area contributed by atoms with Crippen LogP contribution in [-0.2, 0) is 0 Å². The molecule has 2 rings (SSSR count). The number of hydrogen-bond acceptors (Lipinski definition) is 2. The summed E-state index contributed by atoms with van der Waals surface area (Å²) < 4.78 is 0.882. The Kier molecular flexibility index (Phi) is 5.92. The van der Waals surface area contributed by atoms with Gasteiger partial charge in [-0.1, -0.05) is 27.5 Å². The molecule has 6 heteroatoms. The second kappa shape index (κ2) is 6.75. The molecule has 1 aromatic carbocycles. The van der Waals surface area contributed by atoms with E-state index in [0.29, 0.717) is 10.6 Å². The maximum atomic E-state index is 12.3. The summed E-state index contributed by atoms with van der Waals surface area (Å²) in [5.74, 6) is 0.0106. The molecule has 0 bridgehead atoms. The molecule has 0 spiro atoms. The predicted octanol–water partition coefficient (Wildman–Crippen LogP) is 2.96. The van der Waals surface area contributed by atoms with E-state index in [0.717, 1.165) is 24.1 Å². The van der Waals surface area contributed by atoms with Crippen LogP contribution in [0, 0.1) is 0 Å². The highest BCUT2D eigenvalue weighted by atomic mass is 79.9. The summed E-state index contributed by atoms with van der Waals surface area (Å²) in [5, 5.41) is 3.76. The summed E-state index contributed by atoms with van der Waals surface area (Å²) >= 11 is 9.43. The Morgan fingerprint density at radius 1 is 1.56 bits per heavy atom. The summed E-state index contributed by atoms with van der Waals surface area (Å²) in [7, 11) is 0. The van der Waals surface area contributed by atoms with Crippen molar-refractivity contribution in [2.75, 3.05) is 19.6 Å². The zero-order valence-electron chi connectivity index (χ0n) is 9.95. The molecule has 1 aliphatic heterocycles. The molecule has 1 heterocycles. The van der Waals surface area contributed by atoms with Crippen LogP contribution in [0.3, 0.4) is 0 Å². The molecule has 0 radical (unpaired) electrons. The van der Waals surface area contributed by atoms with Crippen LogP contribution in [0.5, 0.6) is 0 Å². The van der Waals surface area contributed by atoms with E-state index in [1.54, 1.807) is 12.1 Å². The van der Waals surface area contributed by atoms with E-state index in [1.807, 2.05) is 17.9 Å². The van der Waals surface area contributed by atoms with Crippen LogP contribution < -0.4 is 5.32 Å². The van der Waals surface area contributed by atoms with E-state index >= 15 is 0 Å². The summed E-state index contributed by atoms with van der Waals surface area (Å²) in [5.41, 5.74) is 0.573. The lowest BCUT2D eigenvalue weighted by Crippen LogP contribution is -2.52. The first-order valence-corrected chi connectivity index (χ1v) is 6.73. The third-order valence-electron chi connectivity index (χ3n) is 2.92. The van der Waals surface area contributed by atoms with Crippen molar-refractivity contribution < 1.29 is 4.79 Å². The fourth-order valence-electron chi connectivity index (χ4n) is 1.96. The van der Waals surface area contributed by atoms with Crippen molar-refractivity contribution in [1.29, 1.82) is 0 Å². The number of carbonyl (C=O) groups is 1. The monoisotopic (exact) mass is 352 g/mol. The molecule has 1 N–H and O–H groups in total. The molecule has 1 atom stereocenters. The van der Waals surface area contributed by atoms with Crippen LogP contribution in [0.4, 0.5) is 0 Å². The van der Waals surface area contributed by atoms with Crippen LogP contribution in [-0.4, -0.2) is 36.5 Å². The molecule has 100 valence electrons. The minimum Gasteiger partial charge on any atom is -0.333 e. The minimum absolute atomic E-state index is 0. The van der Waals surface area contributed by atoms with Gasteiger partial charge in [-0.15, -0.1) is 12.4 Å². The molecule has 1 fully saturated rings. The quantitative estimate of drug-likeness (QED) is 0.841. The predicted molar refractivity (Wildman–Crippen MR) is 79.8 cm³/mol. The maximum absolute atomic E-state index is 12.3. The zero-order valence-corrected chi connectivity index (χ0v) is 13.1. The van der Waals surface area contributed by atoms with Gasteiger partial charge in [0.25, 0.3) is 5.91 Å². The number of carbonyl (C=O) groups excluding carboxylic acids is 1. The first-order valence-electron chi connectivity index (χ1n) is 5.56. The number of nitrogens with zero attached hydrogens (tertiary/aromatic N) is 1. The number of amides is 1. The Balaban J connectivity index is 0.00000162. The summed E-state index contributed by atoms with van der Waals surface area (Å²) in [4.78, 5) is 14.2. The standard InChI is InChI=1S/C12H14BrClN2O.ClH/c1-8-7-15-4-5-16(8)12(17)10-3-2-9(13)6-11(10)14;/h2-3,6,8,15H,4-5,7H2,1H3;1H. The van der Waals surface area contributed by atoms with Crippen molar-refractivity contribution in [2.24, 2.45) is 0 Å². The molecule has 0 aromatic heterocycles. The van der Waals surface area contributed by atoms with Gasteiger partial charge in [0, 0.05) is 30.1 Å². The molecule has 1 unspecified atom stereocenters. The molecule has 18 heavy (non-hydrogen) atoms. The maximum Gasteiger partial charge on any atom is 0.255 e. The van der Waals surface area contributed by atoms with Crippen molar-refractivity contribution >= 4 is 45.8 Å². The number of benzene rings is 1. The summed E-state index contributed by atoms with van der Waals surface area (Å²) in [6.45, 7) is 4.44. The van der Waals surface area contributed by atoms with E-state index in [9.17, 15) is 4.79 Å². The Bertz CT molecular complexity index is 442. The number of rotatable bonds is 1. The highest BCUT2D eigenvalue weighted by Gasteiger charge is 2.25. The first kappa shape index (κ1) is 15.8. The van der Waals surface area contributed by atoms with E-state index in [-0.39, 0.29) is 24.4 Å². The van der Waals surface area contributed by atoms with Crippen molar-refractivity contribution in [1.82, 2.24) is 10.2 Å². The smallest absolute Gasteiger partial charge is 0.255 e. The Hall–Kier alpha value is -0.290. The molecule has 1 aliphatic rings. The molecule has 1 saturated heterocycles. The molecule has 1 amide bonds. The van der Waals surface area contributed by atoms with Crippen molar-refractivity contribution in [2.45, 2.75) is 13.0 Å². The van der Waals surface area contributed by atoms with Gasteiger partial charge in [-0.2, -0.15) is 0 Å². The Morgan fingerprint density at radius 2 is 2.28 bits per heavy atom. The molecule has 0 saturated carbocycles. The molecule has 3 nitrogen and oxygen atoms in total. The topological polar surface area (TPSA) is 32.3 Å². The van der Waals surface area contributed by atoms with Gasteiger partial charge in [0.2, 0.25) is 0 Å². The Labute approximate surface area is 126 Å². The lowest BCUT2D eigenvalue weighted by Gasteiger charge is -2.34. The van der Waals surface area contributed by atoms with Gasteiger partial charge in [-0.05, 0) is 25.1 Å². The molecular weight excluding hydrogens is 339 g/mol. The lowest BCUT2D eigenvalue weighted by atomic mass is 10.1. The third-order valence-corrected chi connectivity index (χ3v) is 3.73. The third kappa shape index (κ3) is 3.38. The van der Waals surface area contributed by atoms with Crippen LogP contribution in [0.15, 0.2) is 22.7 Å². The van der Waals surface area contributed by atoms with Gasteiger partial charge >= 0.3 is 0 Å².